The van der Waals surface area contributed by atoms with Gasteiger partial charge in [0.25, 0.3) is 0 Å². The Hall–Kier alpha value is -1.95. The summed E-state index contributed by atoms with van der Waals surface area (Å²) in [6, 6.07) is 12.8. The lowest BCUT2D eigenvalue weighted by Gasteiger charge is -2.39. The molecule has 1 amide bonds. The first-order valence-electron chi connectivity index (χ1n) is 10.4. The van der Waals surface area contributed by atoms with Crippen LogP contribution in [-0.2, 0) is 17.6 Å². The molecule has 4 rings (SSSR count). The van der Waals surface area contributed by atoms with Gasteiger partial charge in [0.05, 0.1) is 22.1 Å². The Bertz CT molecular complexity index is 912. The molecule has 7 heteroatoms. The monoisotopic (exact) mass is 448 g/mol. The summed E-state index contributed by atoms with van der Waals surface area (Å²) in [5.41, 5.74) is 11.6. The maximum atomic E-state index is 11.8. The second-order valence-corrected chi connectivity index (χ2v) is 8.55. The van der Waals surface area contributed by atoms with Gasteiger partial charge in [-0.2, -0.15) is 0 Å². The molecule has 2 heterocycles. The van der Waals surface area contributed by atoms with Crippen molar-refractivity contribution in [3.63, 3.8) is 0 Å². The molecule has 0 radical (unpaired) electrons. The number of carbonyl (C=O) groups excluding carboxylic acids is 1. The zero-order valence-corrected chi connectivity index (χ0v) is 19.2. The number of rotatable bonds is 4. The molecule has 0 aliphatic carbocycles. The van der Waals surface area contributed by atoms with Crippen LogP contribution in [0, 0.1) is 0 Å². The van der Waals surface area contributed by atoms with Gasteiger partial charge in [-0.15, -0.1) is 12.4 Å². The minimum absolute atomic E-state index is 0. The maximum Gasteiger partial charge on any atom is 0.223 e. The average Bonchev–Trinajstić information content (AvgIpc) is 3.13. The van der Waals surface area contributed by atoms with E-state index in [9.17, 15) is 4.79 Å². The largest absolute Gasteiger partial charge is 0.397 e. The lowest BCUT2D eigenvalue weighted by atomic mass is 10.00. The predicted molar refractivity (Wildman–Crippen MR) is 128 cm³/mol. The van der Waals surface area contributed by atoms with Crippen LogP contribution in [0.1, 0.15) is 25.0 Å². The van der Waals surface area contributed by atoms with E-state index in [-0.39, 0.29) is 18.3 Å². The van der Waals surface area contributed by atoms with Crippen molar-refractivity contribution in [2.75, 3.05) is 48.3 Å². The van der Waals surface area contributed by atoms with Gasteiger partial charge in [0, 0.05) is 45.7 Å². The molecule has 0 bridgehead atoms. The van der Waals surface area contributed by atoms with Crippen molar-refractivity contribution in [3.05, 3.63) is 52.5 Å². The fourth-order valence-electron chi connectivity index (χ4n) is 4.67. The summed E-state index contributed by atoms with van der Waals surface area (Å²) >= 11 is 6.36. The maximum absolute atomic E-state index is 11.8. The summed E-state index contributed by atoms with van der Waals surface area (Å²) in [6.45, 7) is 8.62. The van der Waals surface area contributed by atoms with Crippen LogP contribution in [0.5, 0.6) is 0 Å². The first kappa shape index (κ1) is 22.7. The fourth-order valence-corrected chi connectivity index (χ4v) is 4.92. The SMILES string of the molecule is CC(=O)N1CCc2cc(CC(C)N3CCN(c4ccccc4Cl)CC3)cc(N)c21.Cl. The number of hydrogen-bond donors (Lipinski definition) is 1. The third-order valence-electron chi connectivity index (χ3n) is 6.19. The molecule has 1 unspecified atom stereocenters. The molecule has 2 aromatic carbocycles. The highest BCUT2D eigenvalue weighted by atomic mass is 35.5. The predicted octanol–water partition coefficient (Wildman–Crippen LogP) is 4.01. The third kappa shape index (κ3) is 4.53. The molecule has 1 fully saturated rings. The lowest BCUT2D eigenvalue weighted by molar-refractivity contribution is -0.116. The molecule has 2 N–H and O–H groups in total. The summed E-state index contributed by atoms with van der Waals surface area (Å²) in [7, 11) is 0. The molecule has 5 nitrogen and oxygen atoms in total. The summed E-state index contributed by atoms with van der Waals surface area (Å²) in [5.74, 6) is 0.0629. The number of amides is 1. The van der Waals surface area contributed by atoms with Gasteiger partial charge in [0.2, 0.25) is 5.91 Å². The molecule has 30 heavy (non-hydrogen) atoms. The Labute approximate surface area is 190 Å². The standard InChI is InChI=1S/C23H29ClN4O.ClH/c1-16(26-9-11-27(12-10-26)22-6-4-3-5-20(22)24)13-18-14-19-7-8-28(17(2)29)23(19)21(25)15-18;/h3-6,14-16H,7-13,25H2,1-2H3;1H. The van der Waals surface area contributed by atoms with E-state index in [2.05, 4.69) is 34.9 Å². The smallest absolute Gasteiger partial charge is 0.223 e. The molecular formula is C23H30Cl2N4O. The van der Waals surface area contributed by atoms with Gasteiger partial charge in [0.15, 0.2) is 0 Å². The van der Waals surface area contributed by atoms with Gasteiger partial charge in [-0.1, -0.05) is 29.8 Å². The van der Waals surface area contributed by atoms with Crippen LogP contribution < -0.4 is 15.5 Å². The number of nitrogens with zero attached hydrogens (tertiary/aromatic N) is 3. The van der Waals surface area contributed by atoms with Crippen molar-refractivity contribution < 1.29 is 4.79 Å². The average molecular weight is 449 g/mol. The highest BCUT2D eigenvalue weighted by molar-refractivity contribution is 6.33. The highest BCUT2D eigenvalue weighted by Gasteiger charge is 2.27. The third-order valence-corrected chi connectivity index (χ3v) is 6.51. The fraction of sp³-hybridized carbons (Fsp3) is 0.435. The van der Waals surface area contributed by atoms with Gasteiger partial charge in [-0.3, -0.25) is 9.69 Å². The first-order valence-corrected chi connectivity index (χ1v) is 10.7. The second-order valence-electron chi connectivity index (χ2n) is 8.14. The number of anilines is 3. The molecule has 0 aromatic heterocycles. The molecule has 1 atom stereocenters. The summed E-state index contributed by atoms with van der Waals surface area (Å²) in [6.07, 6.45) is 1.85. The van der Waals surface area contributed by atoms with Crippen LogP contribution in [0.25, 0.3) is 0 Å². The molecule has 1 saturated heterocycles. The van der Waals surface area contributed by atoms with Crippen LogP contribution >= 0.6 is 24.0 Å². The van der Waals surface area contributed by atoms with Crippen molar-refractivity contribution in [1.29, 1.82) is 0 Å². The first-order chi connectivity index (χ1) is 13.9. The minimum atomic E-state index is 0. The van der Waals surface area contributed by atoms with Crippen molar-refractivity contribution in [1.82, 2.24) is 4.90 Å². The number of nitrogens with two attached hydrogens (primary N) is 1. The topological polar surface area (TPSA) is 52.8 Å². The van der Waals surface area contributed by atoms with Crippen molar-refractivity contribution in [3.8, 4) is 0 Å². The van der Waals surface area contributed by atoms with Gasteiger partial charge in [0.1, 0.15) is 0 Å². The number of para-hydroxylation sites is 1. The summed E-state index contributed by atoms with van der Waals surface area (Å²) in [4.78, 5) is 18.5. The normalized spacial score (nSPS) is 17.4. The van der Waals surface area contributed by atoms with E-state index in [0.717, 1.165) is 67.7 Å². The Morgan fingerprint density at radius 1 is 1.13 bits per heavy atom. The van der Waals surface area contributed by atoms with E-state index in [1.54, 1.807) is 11.8 Å². The minimum Gasteiger partial charge on any atom is -0.397 e. The van der Waals surface area contributed by atoms with E-state index >= 15 is 0 Å². The van der Waals surface area contributed by atoms with E-state index < -0.39 is 0 Å². The zero-order chi connectivity index (χ0) is 20.5. The van der Waals surface area contributed by atoms with Gasteiger partial charge < -0.3 is 15.5 Å². The summed E-state index contributed by atoms with van der Waals surface area (Å²) < 4.78 is 0. The zero-order valence-electron chi connectivity index (χ0n) is 17.6. The Kier molecular flexibility index (Phi) is 7.17. The van der Waals surface area contributed by atoms with E-state index in [0.29, 0.717) is 6.04 Å². The van der Waals surface area contributed by atoms with Crippen LogP contribution in [0.3, 0.4) is 0 Å². The molecule has 2 aliphatic rings. The van der Waals surface area contributed by atoms with E-state index in [1.165, 1.54) is 11.1 Å². The molecule has 0 spiro atoms. The van der Waals surface area contributed by atoms with Crippen LogP contribution in [0.4, 0.5) is 17.1 Å². The van der Waals surface area contributed by atoms with Crippen LogP contribution in [0.2, 0.25) is 5.02 Å². The second kappa shape index (κ2) is 9.46. The Balaban J connectivity index is 0.00000256. The number of fused-ring (bicyclic) bond motifs is 1. The van der Waals surface area contributed by atoms with Crippen molar-refractivity contribution in [2.45, 2.75) is 32.7 Å². The van der Waals surface area contributed by atoms with Gasteiger partial charge in [-0.25, -0.2) is 0 Å². The van der Waals surface area contributed by atoms with Crippen LogP contribution in [-0.4, -0.2) is 49.6 Å². The number of nitrogen functional groups attached to an aromatic ring is 1. The molecule has 2 aromatic rings. The van der Waals surface area contributed by atoms with Gasteiger partial charge in [-0.05, 0) is 49.1 Å². The number of halogens is 2. The van der Waals surface area contributed by atoms with Crippen molar-refractivity contribution in [2.24, 2.45) is 0 Å². The quantitative estimate of drug-likeness (QED) is 0.717. The van der Waals surface area contributed by atoms with E-state index in [1.807, 2.05) is 18.2 Å². The number of hydrogen-bond acceptors (Lipinski definition) is 4. The number of carbonyl (C=O) groups is 1. The van der Waals surface area contributed by atoms with Crippen LogP contribution in [0.15, 0.2) is 36.4 Å². The number of benzene rings is 2. The van der Waals surface area contributed by atoms with Crippen molar-refractivity contribution >= 4 is 47.0 Å². The Morgan fingerprint density at radius 3 is 2.50 bits per heavy atom. The van der Waals surface area contributed by atoms with Gasteiger partial charge >= 0.3 is 0 Å². The molecule has 2 aliphatic heterocycles. The lowest BCUT2D eigenvalue weighted by Crippen LogP contribution is -2.50. The van der Waals surface area contributed by atoms with E-state index in [4.69, 9.17) is 17.3 Å². The molecular weight excluding hydrogens is 419 g/mol. The molecule has 162 valence electrons. The Morgan fingerprint density at radius 2 is 1.83 bits per heavy atom. The highest BCUT2D eigenvalue weighted by Crippen LogP contribution is 2.35. The summed E-state index contributed by atoms with van der Waals surface area (Å²) in [5, 5.41) is 0.821. The number of piperazine rings is 1. The molecule has 0 saturated carbocycles.